The summed E-state index contributed by atoms with van der Waals surface area (Å²) in [5.41, 5.74) is 0.425. The molecule has 0 aliphatic rings. The predicted octanol–water partition coefficient (Wildman–Crippen LogP) is 2.52. The first-order chi connectivity index (χ1) is 7.09. The molecule has 0 saturated carbocycles. The third-order valence-electron chi connectivity index (χ3n) is 1.80. The summed E-state index contributed by atoms with van der Waals surface area (Å²) in [7, 11) is 1.67. The fourth-order valence-corrected chi connectivity index (χ4v) is 2.62. The van der Waals surface area contributed by atoms with Crippen LogP contribution in [0.1, 0.15) is 15.4 Å². The maximum Gasteiger partial charge on any atom is 0.223 e. The monoisotopic (exact) mass is 305 g/mol. The van der Waals surface area contributed by atoms with E-state index in [0.29, 0.717) is 19.5 Å². The van der Waals surface area contributed by atoms with Crippen LogP contribution >= 0.6 is 38.9 Å². The van der Waals surface area contributed by atoms with Crippen molar-refractivity contribution in [2.75, 3.05) is 0 Å². The summed E-state index contributed by atoms with van der Waals surface area (Å²) in [4.78, 5) is 12.6. The van der Waals surface area contributed by atoms with Crippen LogP contribution in [0, 0.1) is 0 Å². The van der Waals surface area contributed by atoms with E-state index in [1.165, 1.54) is 16.0 Å². The van der Waals surface area contributed by atoms with Gasteiger partial charge in [0.2, 0.25) is 5.78 Å². The Kier molecular flexibility index (Phi) is 2.90. The molecular formula is C8H5BrClN3OS. The Balaban J connectivity index is 2.45. The molecule has 2 rings (SSSR count). The van der Waals surface area contributed by atoms with Gasteiger partial charge in [-0.3, -0.25) is 4.79 Å². The number of aryl methyl sites for hydroxylation is 1. The van der Waals surface area contributed by atoms with Crippen molar-refractivity contribution >= 4 is 44.7 Å². The molecule has 0 bridgehead atoms. The second kappa shape index (κ2) is 4.03. The van der Waals surface area contributed by atoms with Gasteiger partial charge in [0.15, 0.2) is 4.60 Å². The largest absolute Gasteiger partial charge is 0.286 e. The second-order valence-electron chi connectivity index (χ2n) is 2.79. The van der Waals surface area contributed by atoms with E-state index in [-0.39, 0.29) is 5.78 Å². The highest BCUT2D eigenvalue weighted by atomic mass is 79.9. The number of ketones is 1. The zero-order valence-electron chi connectivity index (χ0n) is 7.57. The minimum Gasteiger partial charge on any atom is -0.286 e. The lowest BCUT2D eigenvalue weighted by Gasteiger charge is -1.97. The lowest BCUT2D eigenvalue weighted by Crippen LogP contribution is -2.07. The van der Waals surface area contributed by atoms with Gasteiger partial charge in [-0.05, 0) is 28.1 Å². The highest BCUT2D eigenvalue weighted by Crippen LogP contribution is 2.25. The van der Waals surface area contributed by atoms with E-state index >= 15 is 0 Å². The molecule has 4 nitrogen and oxygen atoms in total. The smallest absolute Gasteiger partial charge is 0.223 e. The summed E-state index contributed by atoms with van der Waals surface area (Å²) in [5, 5.41) is 7.49. The van der Waals surface area contributed by atoms with Crippen LogP contribution in [-0.2, 0) is 7.05 Å². The number of aromatic nitrogens is 3. The van der Waals surface area contributed by atoms with Crippen LogP contribution in [0.5, 0.6) is 0 Å². The number of thiophene rings is 1. The highest BCUT2D eigenvalue weighted by molar-refractivity contribution is 9.10. The molecule has 2 aromatic heterocycles. The first kappa shape index (κ1) is 10.8. The van der Waals surface area contributed by atoms with E-state index in [4.69, 9.17) is 11.6 Å². The van der Waals surface area contributed by atoms with Crippen molar-refractivity contribution in [3.63, 3.8) is 0 Å². The van der Waals surface area contributed by atoms with Crippen LogP contribution in [0.4, 0.5) is 0 Å². The molecule has 0 N–H and O–H groups in total. The molecule has 15 heavy (non-hydrogen) atoms. The Labute approximate surface area is 103 Å². The van der Waals surface area contributed by atoms with Gasteiger partial charge in [-0.1, -0.05) is 16.8 Å². The topological polar surface area (TPSA) is 47.8 Å². The molecule has 78 valence electrons. The van der Waals surface area contributed by atoms with Gasteiger partial charge < -0.3 is 0 Å². The SMILES string of the molecule is Cn1nnc(Br)c1C(=O)c1ccc(Cl)s1. The van der Waals surface area contributed by atoms with Gasteiger partial charge in [-0.15, -0.1) is 16.4 Å². The average Bonchev–Trinajstić information content (AvgIpc) is 2.73. The second-order valence-corrected chi connectivity index (χ2v) is 5.25. The summed E-state index contributed by atoms with van der Waals surface area (Å²) < 4.78 is 2.46. The van der Waals surface area contributed by atoms with E-state index in [9.17, 15) is 4.79 Å². The van der Waals surface area contributed by atoms with Gasteiger partial charge >= 0.3 is 0 Å². The first-order valence-corrected chi connectivity index (χ1v) is 5.93. The molecule has 0 atom stereocenters. The van der Waals surface area contributed by atoms with Gasteiger partial charge in [0.25, 0.3) is 0 Å². The van der Waals surface area contributed by atoms with Crippen LogP contribution in [0.15, 0.2) is 16.7 Å². The molecule has 0 aliphatic heterocycles. The maximum atomic E-state index is 12.0. The molecule has 0 radical (unpaired) electrons. The Morgan fingerprint density at radius 3 is 2.80 bits per heavy atom. The van der Waals surface area contributed by atoms with Crippen molar-refractivity contribution in [3.05, 3.63) is 31.6 Å². The molecular weight excluding hydrogens is 302 g/mol. The molecule has 0 saturated heterocycles. The van der Waals surface area contributed by atoms with Crippen LogP contribution < -0.4 is 0 Å². The Morgan fingerprint density at radius 2 is 2.33 bits per heavy atom. The van der Waals surface area contributed by atoms with E-state index in [0.717, 1.165) is 0 Å². The van der Waals surface area contributed by atoms with Gasteiger partial charge in [-0.2, -0.15) is 0 Å². The molecule has 0 spiro atoms. The quantitative estimate of drug-likeness (QED) is 0.801. The van der Waals surface area contributed by atoms with E-state index in [1.807, 2.05) is 0 Å². The number of rotatable bonds is 2. The Hall–Kier alpha value is -0.720. The van der Waals surface area contributed by atoms with E-state index < -0.39 is 0 Å². The molecule has 2 heterocycles. The molecule has 0 fully saturated rings. The number of carbonyl (C=O) groups is 1. The van der Waals surface area contributed by atoms with Crippen molar-refractivity contribution < 1.29 is 4.79 Å². The van der Waals surface area contributed by atoms with Crippen LogP contribution in [0.2, 0.25) is 4.34 Å². The van der Waals surface area contributed by atoms with Crippen LogP contribution in [-0.4, -0.2) is 20.8 Å². The average molecular weight is 307 g/mol. The summed E-state index contributed by atoms with van der Waals surface area (Å²) in [5.74, 6) is -0.133. The summed E-state index contributed by atoms with van der Waals surface area (Å²) >= 11 is 10.2. The van der Waals surface area contributed by atoms with Crippen LogP contribution in [0.25, 0.3) is 0 Å². The number of hydrogen-bond acceptors (Lipinski definition) is 4. The number of nitrogens with zero attached hydrogens (tertiary/aromatic N) is 3. The van der Waals surface area contributed by atoms with Crippen molar-refractivity contribution in [1.29, 1.82) is 0 Å². The maximum absolute atomic E-state index is 12.0. The molecule has 7 heteroatoms. The minimum absolute atomic E-state index is 0.133. The van der Waals surface area contributed by atoms with Crippen molar-refractivity contribution in [3.8, 4) is 0 Å². The van der Waals surface area contributed by atoms with Crippen LogP contribution in [0.3, 0.4) is 0 Å². The lowest BCUT2D eigenvalue weighted by atomic mass is 10.2. The summed E-state index contributed by atoms with van der Waals surface area (Å²) in [6.45, 7) is 0. The van der Waals surface area contributed by atoms with Gasteiger partial charge in [0.1, 0.15) is 5.69 Å². The van der Waals surface area contributed by atoms with Gasteiger partial charge in [-0.25, -0.2) is 4.68 Å². The lowest BCUT2D eigenvalue weighted by molar-refractivity contribution is 0.103. The van der Waals surface area contributed by atoms with E-state index in [1.54, 1.807) is 19.2 Å². The Bertz CT molecular complexity index is 502. The first-order valence-electron chi connectivity index (χ1n) is 3.95. The van der Waals surface area contributed by atoms with Crippen molar-refractivity contribution in [1.82, 2.24) is 15.0 Å². The zero-order chi connectivity index (χ0) is 11.0. The summed E-state index contributed by atoms with van der Waals surface area (Å²) in [6.07, 6.45) is 0. The predicted molar refractivity (Wildman–Crippen MR) is 61.5 cm³/mol. The van der Waals surface area contributed by atoms with Crippen molar-refractivity contribution in [2.24, 2.45) is 7.05 Å². The molecule has 2 aromatic rings. The molecule has 0 aromatic carbocycles. The Morgan fingerprint density at radius 1 is 1.60 bits per heavy atom. The fraction of sp³-hybridized carbons (Fsp3) is 0.125. The fourth-order valence-electron chi connectivity index (χ4n) is 1.13. The number of hydrogen-bond donors (Lipinski definition) is 0. The number of carbonyl (C=O) groups excluding carboxylic acids is 1. The van der Waals surface area contributed by atoms with Gasteiger partial charge in [0, 0.05) is 7.05 Å². The zero-order valence-corrected chi connectivity index (χ0v) is 10.7. The summed E-state index contributed by atoms with van der Waals surface area (Å²) in [6, 6.07) is 3.38. The molecule has 0 aliphatic carbocycles. The van der Waals surface area contributed by atoms with E-state index in [2.05, 4.69) is 26.2 Å². The standard InChI is InChI=1S/C8H5BrClN3OS/c1-13-6(8(9)11-12-13)7(14)4-2-3-5(10)15-4/h2-3H,1H3. The highest BCUT2D eigenvalue weighted by Gasteiger charge is 2.19. The van der Waals surface area contributed by atoms with Gasteiger partial charge in [0.05, 0.1) is 9.21 Å². The van der Waals surface area contributed by atoms with Crippen molar-refractivity contribution in [2.45, 2.75) is 0 Å². The minimum atomic E-state index is -0.133. The normalized spacial score (nSPS) is 10.6. The number of halogens is 2. The molecule has 0 amide bonds. The third kappa shape index (κ3) is 1.97. The molecule has 0 unspecified atom stereocenters. The third-order valence-corrected chi connectivity index (χ3v) is 3.56.